The maximum absolute atomic E-state index is 9.16. The Morgan fingerprint density at radius 3 is 1.60 bits per heavy atom. The van der Waals surface area contributed by atoms with E-state index in [1.165, 1.54) is 0 Å². The molecule has 0 radical (unpaired) electrons. The molecule has 0 aliphatic rings. The van der Waals surface area contributed by atoms with E-state index in [4.69, 9.17) is 14.4 Å². The van der Waals surface area contributed by atoms with Gasteiger partial charge in [0.05, 0.1) is 0 Å². The molecular weight excluding hydrogens is 138 g/mol. The predicted molar refractivity (Wildman–Crippen MR) is 12.0 cm³/mol. The molecule has 5 heteroatoms. The van der Waals surface area contributed by atoms with Crippen LogP contribution >= 0.6 is 6.37 Å². The molecule has 0 bridgehead atoms. The van der Waals surface area contributed by atoms with Gasteiger partial charge in [-0.25, -0.2) is 0 Å². The Morgan fingerprint density at radius 2 is 1.60 bits per heavy atom. The monoisotopic (exact) mass is 139 g/mol. The van der Waals surface area contributed by atoms with Gasteiger partial charge in [-0.1, -0.05) is 0 Å². The zero-order valence-electron chi connectivity index (χ0n) is 2.07. The second kappa shape index (κ2) is 1.40. The molecule has 3 nitrogen and oxygen atoms in total. The van der Waals surface area contributed by atoms with Gasteiger partial charge >= 0.3 is 35.8 Å². The summed E-state index contributed by atoms with van der Waals surface area (Å²) >= 11 is 3.23. The fourth-order valence-electron chi connectivity index (χ4n) is 0. The molecule has 2 N–H and O–H groups in total. The molecule has 0 spiro atoms. The third kappa shape index (κ3) is 78.4. The van der Waals surface area contributed by atoms with Gasteiger partial charge in [0.25, 0.3) is 0 Å². The van der Waals surface area contributed by atoms with Crippen LogP contribution in [-0.2, 0) is 19.6 Å². The second-order valence-corrected chi connectivity index (χ2v) is 3.04. The van der Waals surface area contributed by atoms with Crippen molar-refractivity contribution in [1.29, 1.82) is 0 Å². The summed E-state index contributed by atoms with van der Waals surface area (Å²) in [7, 11) is 0. The van der Waals surface area contributed by atoms with Gasteiger partial charge in [0.1, 0.15) is 0 Å². The van der Waals surface area contributed by atoms with Crippen molar-refractivity contribution in [3.8, 4) is 0 Å². The van der Waals surface area contributed by atoms with Gasteiger partial charge in [0.2, 0.25) is 0 Å². The summed E-state index contributed by atoms with van der Waals surface area (Å²) in [6, 6.07) is 0. The average molecular weight is 140 g/mol. The van der Waals surface area contributed by atoms with Crippen molar-refractivity contribution in [2.75, 3.05) is 0 Å². The topological polar surface area (TPSA) is 57.5 Å². The number of rotatable bonds is 0. The summed E-state index contributed by atoms with van der Waals surface area (Å²) in [5.41, 5.74) is 0. The number of hydrogen-bond acceptors (Lipinski definition) is 1. The molecule has 0 amide bonds. The van der Waals surface area contributed by atoms with Crippen LogP contribution < -0.4 is 0 Å². The quantitative estimate of drug-likeness (QED) is 0.356. The third-order valence-corrected chi connectivity index (χ3v) is 0. The van der Waals surface area contributed by atoms with Crippen molar-refractivity contribution in [1.82, 2.24) is 0 Å². The van der Waals surface area contributed by atoms with Crippen molar-refractivity contribution in [3.05, 3.63) is 0 Å². The molecule has 0 unspecified atom stereocenters. The molecule has 0 aromatic carbocycles. The Bertz CT molecular complexity index is 53.0. The number of hydrogen-bond donors (Lipinski definition) is 2. The normalized spacial score (nSPS) is 12.0. The van der Waals surface area contributed by atoms with Gasteiger partial charge < -0.3 is 0 Å². The molecule has 0 aliphatic carbocycles. The zero-order valence-corrected chi connectivity index (χ0v) is 3.95. The zero-order chi connectivity index (χ0) is 4.50. The van der Waals surface area contributed by atoms with E-state index in [2.05, 4.69) is 15.0 Å². The average Bonchev–Trinajstić information content (AvgIpc) is 0.722. The predicted octanol–water partition coefficient (Wildman–Crippen LogP) is -0.374. The van der Waals surface area contributed by atoms with Crippen molar-refractivity contribution >= 4 is 6.37 Å². The van der Waals surface area contributed by atoms with Gasteiger partial charge in [-0.15, -0.1) is 0 Å². The molecule has 0 fully saturated rings. The summed E-state index contributed by atoms with van der Waals surface area (Å²) < 4.78 is 9.16. The van der Waals surface area contributed by atoms with Gasteiger partial charge in [0, 0.05) is 0 Å². The van der Waals surface area contributed by atoms with Crippen LogP contribution in [0.3, 0.4) is 0 Å². The standard InChI is InChI=1S/Ni.HO3P/c;1-4(2)3/h;(H-,1,2,3)/q-1;/p+1. The van der Waals surface area contributed by atoms with Crippen molar-refractivity contribution in [2.45, 2.75) is 0 Å². The van der Waals surface area contributed by atoms with Gasteiger partial charge in [-0.05, 0) is 0 Å². The minimum atomic E-state index is -4.01. The molecule has 0 saturated carbocycles. The summed E-state index contributed by atoms with van der Waals surface area (Å²) in [5.74, 6) is 0. The van der Waals surface area contributed by atoms with Crippen LogP contribution in [0.2, 0.25) is 0 Å². The van der Waals surface area contributed by atoms with E-state index < -0.39 is 6.37 Å². The van der Waals surface area contributed by atoms with Gasteiger partial charge in [-0.2, -0.15) is 0 Å². The van der Waals surface area contributed by atoms with Crippen LogP contribution in [0.4, 0.5) is 0 Å². The fraction of sp³-hybridized carbons (Fsp3) is 0. The molecule has 0 saturated heterocycles. The first-order chi connectivity index (χ1) is 2.00. The van der Waals surface area contributed by atoms with E-state index in [9.17, 15) is 0 Å². The summed E-state index contributed by atoms with van der Waals surface area (Å²) in [5, 5.41) is 0. The molecule has 5 heavy (non-hydrogen) atoms. The summed E-state index contributed by atoms with van der Waals surface area (Å²) in [6.07, 6.45) is -4.01. The Morgan fingerprint density at radius 1 is 1.60 bits per heavy atom. The maximum atomic E-state index is 9.16. The van der Waals surface area contributed by atoms with Crippen molar-refractivity contribution in [3.63, 3.8) is 0 Å². The van der Waals surface area contributed by atoms with E-state index in [1.54, 1.807) is 0 Å². The Balaban J connectivity index is 3.47. The van der Waals surface area contributed by atoms with E-state index in [1.807, 2.05) is 0 Å². The second-order valence-electron chi connectivity index (χ2n) is 0.437. The van der Waals surface area contributed by atoms with Gasteiger partial charge in [0.15, 0.2) is 0 Å². The molecular formula is H2NiO3P. The van der Waals surface area contributed by atoms with E-state index in [0.29, 0.717) is 0 Å². The SMILES string of the molecule is O=[P](O)(O)[Ni]. The van der Waals surface area contributed by atoms with Gasteiger partial charge in [-0.3, -0.25) is 0 Å². The van der Waals surface area contributed by atoms with Crippen LogP contribution in [0.1, 0.15) is 0 Å². The van der Waals surface area contributed by atoms with Crippen LogP contribution in [0.5, 0.6) is 0 Å². The molecule has 0 aromatic heterocycles. The molecule has 35 valence electrons. The van der Waals surface area contributed by atoms with Crippen LogP contribution in [0, 0.1) is 0 Å². The van der Waals surface area contributed by atoms with Crippen molar-refractivity contribution < 1.29 is 29.4 Å². The Hall–Kier alpha value is 0.644. The molecule has 0 aliphatic heterocycles. The molecule has 0 atom stereocenters. The van der Waals surface area contributed by atoms with E-state index in [0.717, 1.165) is 0 Å². The van der Waals surface area contributed by atoms with Crippen LogP contribution in [-0.4, -0.2) is 9.79 Å². The first-order valence-electron chi connectivity index (χ1n) is 0.724. The van der Waals surface area contributed by atoms with Crippen LogP contribution in [0.25, 0.3) is 0 Å². The van der Waals surface area contributed by atoms with E-state index in [-0.39, 0.29) is 0 Å². The molecule has 0 rings (SSSR count). The Labute approximate surface area is 36.5 Å². The minimum absolute atomic E-state index is 3.23. The van der Waals surface area contributed by atoms with Crippen molar-refractivity contribution in [2.24, 2.45) is 0 Å². The summed E-state index contributed by atoms with van der Waals surface area (Å²) in [6.45, 7) is 0. The molecule has 0 aromatic rings. The van der Waals surface area contributed by atoms with Crippen LogP contribution in [0.15, 0.2) is 0 Å². The molecule has 0 heterocycles. The first-order valence-corrected chi connectivity index (χ1v) is 3.50. The van der Waals surface area contributed by atoms with E-state index >= 15 is 0 Å². The summed E-state index contributed by atoms with van der Waals surface area (Å²) in [4.78, 5) is 14.9. The fourth-order valence-corrected chi connectivity index (χ4v) is 0. The third-order valence-electron chi connectivity index (χ3n) is 0. The first kappa shape index (κ1) is 5.64. The Kier molecular flexibility index (Phi) is 1.58.